The Labute approximate surface area is 103 Å². The third kappa shape index (κ3) is 2.00. The number of hydrogen-bond acceptors (Lipinski definition) is 3. The molecule has 1 aromatic carbocycles. The minimum Gasteiger partial charge on any atom is -0.399 e. The van der Waals surface area contributed by atoms with Gasteiger partial charge < -0.3 is 15.4 Å². The second-order valence-electron chi connectivity index (χ2n) is 5.68. The van der Waals surface area contributed by atoms with Gasteiger partial charge in [0.15, 0.2) is 0 Å². The molecule has 1 fully saturated rings. The lowest BCUT2D eigenvalue weighted by molar-refractivity contribution is -0.104. The number of hydrogen-bond donors (Lipinski definition) is 1. The Kier molecular flexibility index (Phi) is 2.51. The van der Waals surface area contributed by atoms with Crippen molar-refractivity contribution in [1.82, 2.24) is 0 Å². The number of nitrogens with two attached hydrogens (primary N) is 1. The Morgan fingerprint density at radius 2 is 2.24 bits per heavy atom. The topological polar surface area (TPSA) is 38.5 Å². The first kappa shape index (κ1) is 10.9. The number of nitrogen functional groups attached to an aromatic ring is 1. The number of benzene rings is 1. The van der Waals surface area contributed by atoms with Crippen molar-refractivity contribution in [3.05, 3.63) is 23.8 Å². The molecule has 17 heavy (non-hydrogen) atoms. The summed E-state index contributed by atoms with van der Waals surface area (Å²) in [6, 6.07) is 6.28. The molecule has 0 aromatic heterocycles. The summed E-state index contributed by atoms with van der Waals surface area (Å²) in [6.07, 6.45) is 2.37. The first-order chi connectivity index (χ1) is 8.16. The first-order valence-electron chi connectivity index (χ1n) is 6.37. The molecule has 2 aliphatic rings. The third-order valence-electron chi connectivity index (χ3n) is 3.99. The Bertz CT molecular complexity index is 426. The van der Waals surface area contributed by atoms with Crippen LogP contribution < -0.4 is 10.6 Å². The van der Waals surface area contributed by atoms with Crippen molar-refractivity contribution in [2.45, 2.75) is 19.8 Å². The molecular formula is C14H20N2O. The molecule has 1 saturated heterocycles. The maximum absolute atomic E-state index is 5.87. The van der Waals surface area contributed by atoms with Crippen molar-refractivity contribution in [2.24, 2.45) is 5.41 Å². The number of fused-ring (bicyclic) bond motifs is 1. The van der Waals surface area contributed by atoms with Crippen LogP contribution in [-0.4, -0.2) is 26.3 Å². The van der Waals surface area contributed by atoms with Gasteiger partial charge in [0.05, 0.1) is 13.2 Å². The third-order valence-corrected chi connectivity index (χ3v) is 3.99. The summed E-state index contributed by atoms with van der Waals surface area (Å²) in [6.45, 7) is 6.41. The van der Waals surface area contributed by atoms with Crippen LogP contribution in [0.3, 0.4) is 0 Å². The molecule has 92 valence electrons. The fourth-order valence-corrected chi connectivity index (χ4v) is 2.69. The fraction of sp³-hybridized carbons (Fsp3) is 0.571. The van der Waals surface area contributed by atoms with Crippen LogP contribution in [0.15, 0.2) is 18.2 Å². The Balaban J connectivity index is 1.68. The van der Waals surface area contributed by atoms with Crippen molar-refractivity contribution >= 4 is 11.4 Å². The van der Waals surface area contributed by atoms with Crippen LogP contribution >= 0.6 is 0 Å². The largest absolute Gasteiger partial charge is 0.399 e. The zero-order valence-corrected chi connectivity index (χ0v) is 10.4. The van der Waals surface area contributed by atoms with Gasteiger partial charge in [-0.05, 0) is 30.5 Å². The minimum absolute atomic E-state index is 0.406. The lowest BCUT2D eigenvalue weighted by Gasteiger charge is -2.39. The quantitative estimate of drug-likeness (QED) is 0.811. The number of ether oxygens (including phenoxy) is 1. The summed E-state index contributed by atoms with van der Waals surface area (Å²) in [5, 5.41) is 0. The molecule has 0 radical (unpaired) electrons. The second kappa shape index (κ2) is 3.91. The van der Waals surface area contributed by atoms with Gasteiger partial charge in [-0.15, -0.1) is 0 Å². The van der Waals surface area contributed by atoms with Gasteiger partial charge >= 0.3 is 0 Å². The smallest absolute Gasteiger partial charge is 0.0542 e. The molecule has 0 bridgehead atoms. The molecule has 0 aliphatic carbocycles. The standard InChI is InChI=1S/C14H20N2O/c1-14(9-17-10-14)5-7-16-6-4-11-2-3-12(15)8-13(11)16/h2-3,8H,4-7,9-10,15H2,1H3. The summed E-state index contributed by atoms with van der Waals surface area (Å²) >= 11 is 0. The van der Waals surface area contributed by atoms with Crippen molar-refractivity contribution < 1.29 is 4.74 Å². The molecule has 0 amide bonds. The summed E-state index contributed by atoms with van der Waals surface area (Å²) in [5.74, 6) is 0. The minimum atomic E-state index is 0.406. The van der Waals surface area contributed by atoms with Crippen LogP contribution in [-0.2, 0) is 11.2 Å². The molecule has 0 atom stereocenters. The van der Waals surface area contributed by atoms with Crippen LogP contribution in [0.1, 0.15) is 18.9 Å². The van der Waals surface area contributed by atoms with Crippen LogP contribution in [0.5, 0.6) is 0 Å². The molecule has 2 heterocycles. The van der Waals surface area contributed by atoms with Crippen molar-refractivity contribution in [3.8, 4) is 0 Å². The predicted octanol–water partition coefficient (Wildman–Crippen LogP) is 2.06. The van der Waals surface area contributed by atoms with Gasteiger partial charge in [0.1, 0.15) is 0 Å². The van der Waals surface area contributed by atoms with Crippen molar-refractivity contribution in [1.29, 1.82) is 0 Å². The summed E-state index contributed by atoms with van der Waals surface area (Å²) in [7, 11) is 0. The summed E-state index contributed by atoms with van der Waals surface area (Å²) < 4.78 is 5.30. The predicted molar refractivity (Wildman–Crippen MR) is 70.3 cm³/mol. The van der Waals surface area contributed by atoms with Gasteiger partial charge in [-0.25, -0.2) is 0 Å². The highest BCUT2D eigenvalue weighted by Gasteiger charge is 2.34. The average molecular weight is 232 g/mol. The fourth-order valence-electron chi connectivity index (χ4n) is 2.69. The lowest BCUT2D eigenvalue weighted by Crippen LogP contribution is -2.42. The van der Waals surface area contributed by atoms with Crippen LogP contribution in [0.2, 0.25) is 0 Å². The van der Waals surface area contributed by atoms with Crippen molar-refractivity contribution in [2.75, 3.05) is 36.9 Å². The van der Waals surface area contributed by atoms with Gasteiger partial charge in [-0.2, -0.15) is 0 Å². The van der Waals surface area contributed by atoms with E-state index in [0.717, 1.165) is 38.4 Å². The lowest BCUT2D eigenvalue weighted by atomic mass is 9.85. The molecule has 0 spiro atoms. The Morgan fingerprint density at radius 1 is 1.41 bits per heavy atom. The van der Waals surface area contributed by atoms with Crippen LogP contribution in [0, 0.1) is 5.41 Å². The SMILES string of the molecule is CC1(CCN2CCc3ccc(N)cc32)COC1. The highest BCUT2D eigenvalue weighted by atomic mass is 16.5. The van der Waals surface area contributed by atoms with E-state index < -0.39 is 0 Å². The van der Waals surface area contributed by atoms with Crippen LogP contribution in [0.4, 0.5) is 11.4 Å². The summed E-state index contributed by atoms with van der Waals surface area (Å²) in [5.41, 5.74) is 9.92. The van der Waals surface area contributed by atoms with Gasteiger partial charge in [-0.3, -0.25) is 0 Å². The van der Waals surface area contributed by atoms with E-state index in [-0.39, 0.29) is 0 Å². The first-order valence-corrected chi connectivity index (χ1v) is 6.37. The van der Waals surface area contributed by atoms with Crippen molar-refractivity contribution in [3.63, 3.8) is 0 Å². The van der Waals surface area contributed by atoms with E-state index in [4.69, 9.17) is 10.5 Å². The molecule has 2 N–H and O–H groups in total. The van der Waals surface area contributed by atoms with E-state index in [9.17, 15) is 0 Å². The van der Waals surface area contributed by atoms with Gasteiger partial charge in [0.2, 0.25) is 0 Å². The van der Waals surface area contributed by atoms with Gasteiger partial charge in [0.25, 0.3) is 0 Å². The van der Waals surface area contributed by atoms with E-state index in [0.29, 0.717) is 5.41 Å². The second-order valence-corrected chi connectivity index (χ2v) is 5.68. The monoisotopic (exact) mass is 232 g/mol. The molecule has 0 saturated carbocycles. The Morgan fingerprint density at radius 3 is 2.94 bits per heavy atom. The van der Waals surface area contributed by atoms with Gasteiger partial charge in [-0.1, -0.05) is 13.0 Å². The molecule has 3 rings (SSSR count). The van der Waals surface area contributed by atoms with E-state index in [2.05, 4.69) is 24.0 Å². The molecule has 3 nitrogen and oxygen atoms in total. The normalized spacial score (nSPS) is 21.1. The molecule has 1 aromatic rings. The number of rotatable bonds is 3. The summed E-state index contributed by atoms with van der Waals surface area (Å²) in [4.78, 5) is 2.47. The molecule has 0 unspecified atom stereocenters. The number of anilines is 2. The zero-order chi connectivity index (χ0) is 11.9. The van der Waals surface area contributed by atoms with Gasteiger partial charge in [0, 0.05) is 29.9 Å². The number of nitrogens with zero attached hydrogens (tertiary/aromatic N) is 1. The van der Waals surface area contributed by atoms with E-state index in [1.807, 2.05) is 6.07 Å². The molecule has 3 heteroatoms. The van der Waals surface area contributed by atoms with E-state index in [1.165, 1.54) is 17.7 Å². The zero-order valence-electron chi connectivity index (χ0n) is 10.4. The molecule has 2 aliphatic heterocycles. The highest BCUT2D eigenvalue weighted by molar-refractivity contribution is 5.64. The average Bonchev–Trinajstić information content (AvgIpc) is 2.66. The Hall–Kier alpha value is -1.22. The van der Waals surface area contributed by atoms with E-state index >= 15 is 0 Å². The maximum atomic E-state index is 5.87. The molecular weight excluding hydrogens is 212 g/mol. The van der Waals surface area contributed by atoms with E-state index in [1.54, 1.807) is 0 Å². The maximum Gasteiger partial charge on any atom is 0.0542 e. The highest BCUT2D eigenvalue weighted by Crippen LogP contribution is 2.34. The van der Waals surface area contributed by atoms with Crippen LogP contribution in [0.25, 0.3) is 0 Å².